The first-order valence-corrected chi connectivity index (χ1v) is 11.5. The molecule has 0 spiro atoms. The third-order valence-electron chi connectivity index (χ3n) is 5.77. The zero-order valence-electron chi connectivity index (χ0n) is 20.2. The number of carbonyl (C=O) groups is 1. The molecule has 7 heteroatoms. The molecule has 1 N–H and O–H groups in total. The topological polar surface area (TPSA) is 94.2 Å². The van der Waals surface area contributed by atoms with Gasteiger partial charge in [-0.1, -0.05) is 42.4 Å². The molecule has 1 unspecified atom stereocenters. The molecule has 0 aliphatic carbocycles. The van der Waals surface area contributed by atoms with Crippen LogP contribution in [0.5, 0.6) is 5.75 Å². The molecule has 3 rings (SSSR count). The minimum atomic E-state index is -1.16. The van der Waals surface area contributed by atoms with Crippen molar-refractivity contribution < 1.29 is 23.9 Å². The second kappa shape index (κ2) is 11.5. The number of oxime groups is 1. The van der Waals surface area contributed by atoms with Gasteiger partial charge in [0.15, 0.2) is 0 Å². The second-order valence-electron chi connectivity index (χ2n) is 8.45. The van der Waals surface area contributed by atoms with Gasteiger partial charge >= 0.3 is 5.97 Å². The molecule has 0 radical (unpaired) electrons. The Balaban J connectivity index is 1.58. The molecule has 0 saturated heterocycles. The molecule has 0 fully saturated rings. The zero-order valence-corrected chi connectivity index (χ0v) is 20.2. The van der Waals surface area contributed by atoms with Gasteiger partial charge < -0.3 is 19.1 Å². The number of hydrogen-bond donors (Lipinski definition) is 1. The Kier molecular flexibility index (Phi) is 8.46. The minimum absolute atomic E-state index is 0.299. The fourth-order valence-corrected chi connectivity index (χ4v) is 3.43. The summed E-state index contributed by atoms with van der Waals surface area (Å²) in [5.41, 5.74) is 1.97. The summed E-state index contributed by atoms with van der Waals surface area (Å²) in [5, 5.41) is 13.8. The Bertz CT molecular complexity index is 1110. The number of aliphatic carboxylic acids is 1. The molecule has 180 valence electrons. The predicted octanol–water partition coefficient (Wildman–Crippen LogP) is 5.71. The SMILES string of the molecule is CCCO/N=C(\C)C(C)(Cc1ccc(OCCc2nc(-c3ccccc3)oc2C)cc1)C(=O)O. The highest BCUT2D eigenvalue weighted by Gasteiger charge is 2.37. The van der Waals surface area contributed by atoms with E-state index >= 15 is 0 Å². The van der Waals surface area contributed by atoms with Gasteiger partial charge in [-0.3, -0.25) is 4.79 Å². The van der Waals surface area contributed by atoms with E-state index in [9.17, 15) is 9.90 Å². The van der Waals surface area contributed by atoms with E-state index in [0.29, 0.717) is 43.4 Å². The molecule has 0 bridgehead atoms. The standard InChI is InChI=1S/C27H32N2O5/c1-5-16-33-29-20(3)27(4,26(30)31)18-21-11-13-23(14-12-21)32-17-15-24-19(2)34-25(28-24)22-9-7-6-8-10-22/h6-14H,5,15-18H2,1-4H3,(H,30,31)/b29-20+. The lowest BCUT2D eigenvalue weighted by atomic mass is 9.80. The fourth-order valence-electron chi connectivity index (χ4n) is 3.43. The van der Waals surface area contributed by atoms with Crippen LogP contribution in [0.3, 0.4) is 0 Å². The average Bonchev–Trinajstić information content (AvgIpc) is 3.21. The van der Waals surface area contributed by atoms with Gasteiger partial charge in [0, 0.05) is 12.0 Å². The number of aromatic nitrogens is 1. The monoisotopic (exact) mass is 464 g/mol. The van der Waals surface area contributed by atoms with Crippen molar-refractivity contribution in [3.05, 3.63) is 71.6 Å². The number of rotatable bonds is 12. The molecule has 0 aliphatic heterocycles. The summed E-state index contributed by atoms with van der Waals surface area (Å²) < 4.78 is 11.7. The average molecular weight is 465 g/mol. The van der Waals surface area contributed by atoms with E-state index in [-0.39, 0.29) is 0 Å². The van der Waals surface area contributed by atoms with Gasteiger partial charge in [0.1, 0.15) is 23.5 Å². The predicted molar refractivity (Wildman–Crippen MR) is 131 cm³/mol. The highest BCUT2D eigenvalue weighted by Crippen LogP contribution is 2.27. The van der Waals surface area contributed by atoms with Crippen LogP contribution >= 0.6 is 0 Å². The summed E-state index contributed by atoms with van der Waals surface area (Å²) in [6.07, 6.45) is 1.73. The van der Waals surface area contributed by atoms with Crippen molar-refractivity contribution in [2.45, 2.75) is 47.0 Å². The highest BCUT2D eigenvalue weighted by atomic mass is 16.6. The molecule has 34 heavy (non-hydrogen) atoms. The lowest BCUT2D eigenvalue weighted by Crippen LogP contribution is -2.37. The third-order valence-corrected chi connectivity index (χ3v) is 5.77. The first-order chi connectivity index (χ1) is 16.3. The normalized spacial score (nSPS) is 13.4. The largest absolute Gasteiger partial charge is 0.493 e. The zero-order chi connectivity index (χ0) is 24.6. The van der Waals surface area contributed by atoms with Crippen LogP contribution in [0, 0.1) is 12.3 Å². The molecule has 3 aromatic rings. The molecule has 7 nitrogen and oxygen atoms in total. The number of carboxylic acid groups (broad SMARTS) is 1. The Morgan fingerprint density at radius 1 is 1.12 bits per heavy atom. The molecule has 2 aromatic carbocycles. The van der Waals surface area contributed by atoms with Crippen LogP contribution in [0.25, 0.3) is 11.5 Å². The highest BCUT2D eigenvalue weighted by molar-refractivity contribution is 6.04. The number of benzene rings is 2. The number of nitrogens with zero attached hydrogens (tertiary/aromatic N) is 2. The fraction of sp³-hybridized carbons (Fsp3) is 0.370. The molecule has 1 aromatic heterocycles. The number of oxazole rings is 1. The van der Waals surface area contributed by atoms with E-state index in [0.717, 1.165) is 29.0 Å². The van der Waals surface area contributed by atoms with Gasteiger partial charge in [-0.05, 0) is 63.4 Å². The Hall–Kier alpha value is -3.61. The van der Waals surface area contributed by atoms with Crippen LogP contribution in [0.4, 0.5) is 0 Å². The van der Waals surface area contributed by atoms with Crippen LogP contribution in [0.15, 0.2) is 64.2 Å². The molecular weight excluding hydrogens is 432 g/mol. The van der Waals surface area contributed by atoms with Crippen molar-refractivity contribution >= 4 is 11.7 Å². The van der Waals surface area contributed by atoms with E-state index < -0.39 is 11.4 Å². The Morgan fingerprint density at radius 2 is 1.82 bits per heavy atom. The van der Waals surface area contributed by atoms with Crippen molar-refractivity contribution in [2.75, 3.05) is 13.2 Å². The first kappa shape index (κ1) is 25.0. The Morgan fingerprint density at radius 3 is 2.47 bits per heavy atom. The molecule has 0 amide bonds. The summed E-state index contributed by atoms with van der Waals surface area (Å²) in [4.78, 5) is 21.8. The van der Waals surface area contributed by atoms with E-state index in [1.54, 1.807) is 13.8 Å². The summed E-state index contributed by atoms with van der Waals surface area (Å²) >= 11 is 0. The van der Waals surface area contributed by atoms with Crippen molar-refractivity contribution in [3.63, 3.8) is 0 Å². The van der Waals surface area contributed by atoms with E-state index in [1.807, 2.05) is 68.4 Å². The maximum Gasteiger partial charge on any atom is 0.315 e. The first-order valence-electron chi connectivity index (χ1n) is 11.5. The maximum atomic E-state index is 12.0. The van der Waals surface area contributed by atoms with Crippen LogP contribution in [-0.2, 0) is 22.5 Å². The second-order valence-corrected chi connectivity index (χ2v) is 8.45. The van der Waals surface area contributed by atoms with Gasteiger partial charge in [0.2, 0.25) is 5.89 Å². The number of hydrogen-bond acceptors (Lipinski definition) is 6. The van der Waals surface area contributed by atoms with Crippen molar-refractivity contribution in [2.24, 2.45) is 10.6 Å². The summed E-state index contributed by atoms with van der Waals surface area (Å²) in [6, 6.07) is 17.3. The van der Waals surface area contributed by atoms with Crippen LogP contribution in [-0.4, -0.2) is 35.0 Å². The summed E-state index contributed by atoms with van der Waals surface area (Å²) in [7, 11) is 0. The van der Waals surface area contributed by atoms with Crippen molar-refractivity contribution in [1.29, 1.82) is 0 Å². The van der Waals surface area contributed by atoms with Crippen molar-refractivity contribution in [1.82, 2.24) is 4.98 Å². The summed E-state index contributed by atoms with van der Waals surface area (Å²) in [6.45, 7) is 8.14. The van der Waals surface area contributed by atoms with E-state index in [2.05, 4.69) is 10.1 Å². The van der Waals surface area contributed by atoms with Gasteiger partial charge in [-0.15, -0.1) is 0 Å². The number of aryl methyl sites for hydroxylation is 1. The third kappa shape index (κ3) is 6.25. The molecule has 1 heterocycles. The van der Waals surface area contributed by atoms with Crippen LogP contribution < -0.4 is 4.74 Å². The van der Waals surface area contributed by atoms with Gasteiger partial charge in [-0.2, -0.15) is 0 Å². The van der Waals surface area contributed by atoms with Gasteiger partial charge in [0.05, 0.1) is 18.0 Å². The maximum absolute atomic E-state index is 12.0. The lowest BCUT2D eigenvalue weighted by Gasteiger charge is -2.24. The molecule has 0 aliphatic rings. The van der Waals surface area contributed by atoms with E-state index in [4.69, 9.17) is 14.0 Å². The number of carboxylic acids is 1. The quantitative estimate of drug-likeness (QED) is 0.210. The number of ether oxygens (including phenoxy) is 1. The van der Waals surface area contributed by atoms with Crippen molar-refractivity contribution in [3.8, 4) is 17.2 Å². The smallest absolute Gasteiger partial charge is 0.315 e. The lowest BCUT2D eigenvalue weighted by molar-refractivity contribution is -0.144. The van der Waals surface area contributed by atoms with Crippen LogP contribution in [0.2, 0.25) is 0 Å². The molecule has 0 saturated carbocycles. The molecule has 1 atom stereocenters. The van der Waals surface area contributed by atoms with Gasteiger partial charge in [0.25, 0.3) is 0 Å². The molecular formula is C27H32N2O5. The van der Waals surface area contributed by atoms with E-state index in [1.165, 1.54) is 0 Å². The summed E-state index contributed by atoms with van der Waals surface area (Å²) in [5.74, 6) is 1.16. The Labute approximate surface area is 200 Å². The minimum Gasteiger partial charge on any atom is -0.493 e. The van der Waals surface area contributed by atoms with Crippen LogP contribution in [0.1, 0.15) is 44.2 Å². The van der Waals surface area contributed by atoms with Gasteiger partial charge in [-0.25, -0.2) is 4.98 Å².